The molecule has 0 unspecified atom stereocenters. The Morgan fingerprint density at radius 3 is 2.27 bits per heavy atom. The monoisotopic (exact) mass is 213 g/mol. The average molecular weight is 213 g/mol. The number of carbonyl (C=O) groups is 2. The van der Waals surface area contributed by atoms with Crippen LogP contribution in [0.3, 0.4) is 0 Å². The van der Waals surface area contributed by atoms with Crippen molar-refractivity contribution >= 4 is 11.9 Å². The van der Waals surface area contributed by atoms with E-state index in [-0.39, 0.29) is 18.5 Å². The summed E-state index contributed by atoms with van der Waals surface area (Å²) in [6.07, 6.45) is 3.30. The Morgan fingerprint density at radius 2 is 1.87 bits per heavy atom. The van der Waals surface area contributed by atoms with E-state index in [1.54, 1.807) is 21.1 Å². The van der Waals surface area contributed by atoms with Crippen molar-refractivity contribution in [3.8, 4) is 0 Å². The third kappa shape index (κ3) is 3.42. The molecule has 5 nitrogen and oxygen atoms in total. The van der Waals surface area contributed by atoms with Gasteiger partial charge in [0, 0.05) is 27.2 Å². The number of urea groups is 1. The van der Waals surface area contributed by atoms with Crippen LogP contribution >= 0.6 is 0 Å². The molecule has 0 bridgehead atoms. The van der Waals surface area contributed by atoms with Gasteiger partial charge in [-0.25, -0.2) is 4.79 Å². The van der Waals surface area contributed by atoms with Gasteiger partial charge in [-0.15, -0.1) is 0 Å². The Balaban J connectivity index is 2.28. The summed E-state index contributed by atoms with van der Waals surface area (Å²) in [7, 11) is 5.00. The first-order valence-electron chi connectivity index (χ1n) is 5.22. The highest BCUT2D eigenvalue weighted by Crippen LogP contribution is 2.17. The second kappa shape index (κ2) is 5.00. The van der Waals surface area contributed by atoms with E-state index in [0.29, 0.717) is 6.04 Å². The molecule has 5 heteroatoms. The molecule has 0 aromatic carbocycles. The van der Waals surface area contributed by atoms with Crippen molar-refractivity contribution in [2.75, 3.05) is 27.7 Å². The maximum Gasteiger partial charge on any atom is 0.317 e. The van der Waals surface area contributed by atoms with Crippen LogP contribution in [0.15, 0.2) is 0 Å². The molecule has 0 heterocycles. The van der Waals surface area contributed by atoms with Crippen LogP contribution < -0.4 is 5.32 Å². The first-order chi connectivity index (χ1) is 7.00. The molecule has 86 valence electrons. The molecule has 0 spiro atoms. The van der Waals surface area contributed by atoms with E-state index in [1.165, 1.54) is 16.2 Å². The lowest BCUT2D eigenvalue weighted by Gasteiger charge is -2.29. The SMILES string of the molecule is CN(C)C(=O)CN(C)C(=O)NC1CCC1. The summed E-state index contributed by atoms with van der Waals surface area (Å²) in [6.45, 7) is 0.131. The Hall–Kier alpha value is -1.26. The maximum atomic E-state index is 11.5. The summed E-state index contributed by atoms with van der Waals surface area (Å²) in [5, 5.41) is 2.88. The van der Waals surface area contributed by atoms with Gasteiger partial charge >= 0.3 is 6.03 Å². The molecular formula is C10H19N3O2. The number of hydrogen-bond donors (Lipinski definition) is 1. The Bertz CT molecular complexity index is 249. The molecule has 0 radical (unpaired) electrons. The second-order valence-electron chi connectivity index (χ2n) is 4.22. The van der Waals surface area contributed by atoms with Gasteiger partial charge in [-0.1, -0.05) is 0 Å². The topological polar surface area (TPSA) is 52.7 Å². The van der Waals surface area contributed by atoms with Crippen molar-refractivity contribution in [3.05, 3.63) is 0 Å². The van der Waals surface area contributed by atoms with E-state index in [0.717, 1.165) is 12.8 Å². The molecule has 0 saturated heterocycles. The quantitative estimate of drug-likeness (QED) is 0.731. The molecule has 3 amide bonds. The molecule has 0 aromatic heterocycles. The highest BCUT2D eigenvalue weighted by molar-refractivity contribution is 5.83. The summed E-state index contributed by atoms with van der Waals surface area (Å²) in [6, 6.07) is 0.157. The molecule has 0 aliphatic heterocycles. The molecule has 1 rings (SSSR count). The Kier molecular flexibility index (Phi) is 3.94. The predicted octanol–water partition coefficient (Wildman–Crippen LogP) is 0.269. The van der Waals surface area contributed by atoms with E-state index in [9.17, 15) is 9.59 Å². The van der Waals surface area contributed by atoms with Crippen LogP contribution in [0, 0.1) is 0 Å². The highest BCUT2D eigenvalue weighted by atomic mass is 16.2. The summed E-state index contributed by atoms with van der Waals surface area (Å²) >= 11 is 0. The third-order valence-electron chi connectivity index (χ3n) is 2.65. The number of carbonyl (C=O) groups excluding carboxylic acids is 2. The number of nitrogens with one attached hydrogen (secondary N) is 1. The standard InChI is InChI=1S/C10H19N3O2/c1-12(2)9(14)7-13(3)10(15)11-8-5-4-6-8/h8H,4-7H2,1-3H3,(H,11,15). The molecule has 1 fully saturated rings. The van der Waals surface area contributed by atoms with E-state index < -0.39 is 0 Å². The average Bonchev–Trinajstić information content (AvgIpc) is 2.10. The van der Waals surface area contributed by atoms with E-state index in [1.807, 2.05) is 0 Å². The molecule has 1 aliphatic rings. The normalized spacial score (nSPS) is 15.4. The van der Waals surface area contributed by atoms with Crippen LogP contribution in [0.2, 0.25) is 0 Å². The summed E-state index contributed by atoms with van der Waals surface area (Å²) in [4.78, 5) is 25.8. The highest BCUT2D eigenvalue weighted by Gasteiger charge is 2.22. The predicted molar refractivity (Wildman–Crippen MR) is 57.5 cm³/mol. The fourth-order valence-corrected chi connectivity index (χ4v) is 1.25. The smallest absolute Gasteiger partial charge is 0.317 e. The second-order valence-corrected chi connectivity index (χ2v) is 4.22. The lowest BCUT2D eigenvalue weighted by molar-refractivity contribution is -0.129. The van der Waals surface area contributed by atoms with Crippen molar-refractivity contribution in [2.45, 2.75) is 25.3 Å². The van der Waals surface area contributed by atoms with Crippen LogP contribution in [0.1, 0.15) is 19.3 Å². The third-order valence-corrected chi connectivity index (χ3v) is 2.65. The van der Waals surface area contributed by atoms with E-state index >= 15 is 0 Å². The van der Waals surface area contributed by atoms with Crippen LogP contribution in [0.5, 0.6) is 0 Å². The first kappa shape index (κ1) is 11.8. The lowest BCUT2D eigenvalue weighted by atomic mass is 9.93. The van der Waals surface area contributed by atoms with Gasteiger partial charge in [-0.3, -0.25) is 4.79 Å². The van der Waals surface area contributed by atoms with Crippen molar-refractivity contribution < 1.29 is 9.59 Å². The Morgan fingerprint density at radius 1 is 1.27 bits per heavy atom. The van der Waals surface area contributed by atoms with Gasteiger partial charge in [0.05, 0.1) is 0 Å². The van der Waals surface area contributed by atoms with Gasteiger partial charge in [-0.2, -0.15) is 0 Å². The van der Waals surface area contributed by atoms with E-state index in [2.05, 4.69) is 5.32 Å². The summed E-state index contributed by atoms with van der Waals surface area (Å²) in [5.74, 6) is -0.0683. The van der Waals surface area contributed by atoms with Crippen LogP contribution in [-0.2, 0) is 4.79 Å². The zero-order chi connectivity index (χ0) is 11.4. The number of amides is 3. The minimum Gasteiger partial charge on any atom is -0.347 e. The number of nitrogens with zero attached hydrogens (tertiary/aromatic N) is 2. The lowest BCUT2D eigenvalue weighted by Crippen LogP contribution is -2.48. The fourth-order valence-electron chi connectivity index (χ4n) is 1.25. The van der Waals surface area contributed by atoms with Crippen molar-refractivity contribution in [3.63, 3.8) is 0 Å². The maximum absolute atomic E-state index is 11.5. The van der Waals surface area contributed by atoms with Gasteiger partial charge in [0.15, 0.2) is 0 Å². The molecule has 0 aromatic rings. The van der Waals surface area contributed by atoms with Gasteiger partial charge in [-0.05, 0) is 19.3 Å². The fraction of sp³-hybridized carbons (Fsp3) is 0.800. The first-order valence-corrected chi connectivity index (χ1v) is 5.22. The number of rotatable bonds is 3. The number of likely N-dealkylation sites (N-methyl/N-ethyl adjacent to an activating group) is 2. The van der Waals surface area contributed by atoms with Gasteiger partial charge in [0.25, 0.3) is 0 Å². The van der Waals surface area contributed by atoms with Crippen LogP contribution in [0.25, 0.3) is 0 Å². The molecule has 1 N–H and O–H groups in total. The minimum atomic E-state index is -0.157. The van der Waals surface area contributed by atoms with Crippen molar-refractivity contribution in [2.24, 2.45) is 0 Å². The van der Waals surface area contributed by atoms with Gasteiger partial charge < -0.3 is 15.1 Å². The number of hydrogen-bond acceptors (Lipinski definition) is 2. The summed E-state index contributed by atoms with van der Waals surface area (Å²) in [5.41, 5.74) is 0. The molecule has 15 heavy (non-hydrogen) atoms. The van der Waals surface area contributed by atoms with Gasteiger partial charge in [0.2, 0.25) is 5.91 Å². The van der Waals surface area contributed by atoms with Crippen molar-refractivity contribution in [1.82, 2.24) is 15.1 Å². The summed E-state index contributed by atoms with van der Waals surface area (Å²) < 4.78 is 0. The van der Waals surface area contributed by atoms with Gasteiger partial charge in [0.1, 0.15) is 6.54 Å². The minimum absolute atomic E-state index is 0.0683. The van der Waals surface area contributed by atoms with E-state index in [4.69, 9.17) is 0 Å². The molecular weight excluding hydrogens is 194 g/mol. The Labute approximate surface area is 90.4 Å². The molecule has 0 atom stereocenters. The largest absolute Gasteiger partial charge is 0.347 e. The molecule has 1 aliphatic carbocycles. The zero-order valence-electron chi connectivity index (χ0n) is 9.62. The van der Waals surface area contributed by atoms with Crippen LogP contribution in [0.4, 0.5) is 4.79 Å². The molecule has 1 saturated carbocycles. The van der Waals surface area contributed by atoms with Crippen molar-refractivity contribution in [1.29, 1.82) is 0 Å². The van der Waals surface area contributed by atoms with Crippen LogP contribution in [-0.4, -0.2) is 55.5 Å². The zero-order valence-corrected chi connectivity index (χ0v) is 9.62.